The summed E-state index contributed by atoms with van der Waals surface area (Å²) in [5, 5.41) is 38.0. The normalized spacial score (nSPS) is 14.4. The van der Waals surface area contributed by atoms with Gasteiger partial charge in [-0.1, -0.05) is 60.5 Å². The number of imide groups is 4. The van der Waals surface area contributed by atoms with Crippen LogP contribution in [-0.4, -0.2) is 306 Å². The van der Waals surface area contributed by atoms with E-state index in [1.54, 1.807) is 6.07 Å². The third-order valence-corrected chi connectivity index (χ3v) is 24.8. The average Bonchev–Trinajstić information content (AvgIpc) is 1.63. The fraction of sp³-hybridized carbons (Fsp3) is 0.364. The molecule has 4 aliphatic rings. The van der Waals surface area contributed by atoms with Gasteiger partial charge in [0.2, 0.25) is 23.6 Å². The maximum Gasteiger partial charge on any atom is 0.262 e. The molecule has 147 heavy (non-hydrogen) atoms. The van der Waals surface area contributed by atoms with Gasteiger partial charge in [0.05, 0.1) is 191 Å². The first kappa shape index (κ1) is 107. The molecule has 18 rings (SSSR count). The fourth-order valence-corrected chi connectivity index (χ4v) is 17.3. The minimum atomic E-state index is -1.01. The summed E-state index contributed by atoms with van der Waals surface area (Å²) < 4.78 is 77.7. The second kappa shape index (κ2) is 54.7. The van der Waals surface area contributed by atoms with E-state index in [-0.39, 0.29) is 73.5 Å². The van der Waals surface area contributed by atoms with Gasteiger partial charge in [0, 0.05) is 180 Å². The van der Waals surface area contributed by atoms with Crippen LogP contribution in [0.2, 0.25) is 0 Å². The number of aliphatic hydroxyl groups excluding tert-OH is 2. The number of amides is 8. The zero-order chi connectivity index (χ0) is 103. The molecule has 9 aromatic heterocycles. The first-order valence-electron chi connectivity index (χ1n) is 48.9. The highest BCUT2D eigenvalue weighted by Crippen LogP contribution is 2.37. The molecule has 2 fully saturated rings. The van der Waals surface area contributed by atoms with Crippen LogP contribution in [0.25, 0.3) is 98.8 Å². The molecule has 0 spiro atoms. The third-order valence-electron chi connectivity index (χ3n) is 24.8. The largest absolute Gasteiger partial charge is 0.508 e. The summed E-state index contributed by atoms with van der Waals surface area (Å²) in [6.07, 6.45) is 20.9. The Hall–Kier alpha value is -14.4. The van der Waals surface area contributed by atoms with E-state index in [2.05, 4.69) is 172 Å². The van der Waals surface area contributed by atoms with Gasteiger partial charge in [-0.05, 0) is 152 Å². The predicted octanol–water partition coefficient (Wildman–Crippen LogP) is 11.0. The van der Waals surface area contributed by atoms with Gasteiger partial charge in [-0.3, -0.25) is 83.7 Å². The van der Waals surface area contributed by atoms with Gasteiger partial charge < -0.3 is 90.6 Å². The quantitative estimate of drug-likeness (QED) is 0.0134. The third kappa shape index (κ3) is 28.5. The molecule has 0 radical (unpaired) electrons. The number of carbonyl (C=O) groups is 8. The number of phenols is 1. The van der Waals surface area contributed by atoms with Crippen LogP contribution in [0.3, 0.4) is 0 Å². The first-order valence-corrected chi connectivity index (χ1v) is 48.9. The molecule has 14 aromatic rings. The summed E-state index contributed by atoms with van der Waals surface area (Å²) in [7, 11) is 6.26. The van der Waals surface area contributed by atoms with Gasteiger partial charge in [0.25, 0.3) is 23.6 Å². The van der Waals surface area contributed by atoms with Crippen LogP contribution in [0.5, 0.6) is 11.5 Å². The van der Waals surface area contributed by atoms with Crippen LogP contribution in [0.15, 0.2) is 201 Å². The number of aryl methyl sites for hydroxylation is 5. The van der Waals surface area contributed by atoms with Crippen molar-refractivity contribution in [3.8, 4) is 56.7 Å². The lowest BCUT2D eigenvalue weighted by molar-refractivity contribution is -0.137. The van der Waals surface area contributed by atoms with E-state index in [0.717, 1.165) is 96.5 Å². The minimum Gasteiger partial charge on any atom is -0.508 e. The van der Waals surface area contributed by atoms with Crippen LogP contribution in [-0.2, 0) is 110 Å². The van der Waals surface area contributed by atoms with Gasteiger partial charge in [-0.15, -0.1) is 0 Å². The molecule has 0 bridgehead atoms. The molecule has 2 atom stereocenters. The Morgan fingerprint density at radius 2 is 0.680 bits per heavy atom. The zero-order valence-electron chi connectivity index (χ0n) is 82.3. The Kier molecular flexibility index (Phi) is 39.7. The number of rotatable bonds is 49. The van der Waals surface area contributed by atoms with E-state index < -0.39 is 59.3 Å². The number of piperidine rings is 2. The van der Waals surface area contributed by atoms with Crippen molar-refractivity contribution in [1.82, 2.24) is 64.0 Å². The number of aliphatic hydroxyl groups is 2. The molecule has 37 heteroatoms. The second-order valence-electron chi connectivity index (χ2n) is 34.5. The maximum atomic E-state index is 13.0. The molecule has 2 unspecified atom stereocenters. The number of aromatic nitrogens is 9. The zero-order valence-corrected chi connectivity index (χ0v) is 82.3. The van der Waals surface area contributed by atoms with Crippen LogP contribution in [0, 0.1) is 11.8 Å². The number of nitrogens with one attached hydrogen (secondary N) is 2. The SMILES string of the molecule is Cn1c2ccncc2c2ccc(-c3ccc(C#CCOCCOCCOCCOCCO)nc3)cc21.Cn1c2ccncc2c2ccc(-c3ccc(CCCOCCOCCOCCOCCO)nc3)cc21.Cn1c2ccncc2c2ccc(-c3ccc(CCCOCCOCCOCCOCCOc4ccc5c(c4)C(=O)N(C4CCC(=O)NC4=O)C5=O)nc3)cc21.O=C1CCC(N2C(=O)c3ccc(O)cc3C2=O)C(=O)N1. The lowest BCUT2D eigenvalue weighted by Crippen LogP contribution is -2.54. The van der Waals surface area contributed by atoms with Gasteiger partial charge in [-0.2, -0.15) is 0 Å². The summed E-state index contributed by atoms with van der Waals surface area (Å²) in [6.45, 7) is 11.6. The average molecular weight is 2010 g/mol. The van der Waals surface area contributed by atoms with E-state index in [4.69, 9.17) is 71.8 Å². The smallest absolute Gasteiger partial charge is 0.262 e. The topological polar surface area (TPSA) is 440 Å². The minimum absolute atomic E-state index is 0.0266. The molecular formula is C110H119N13O24. The highest BCUT2D eigenvalue weighted by atomic mass is 16.6. The van der Waals surface area contributed by atoms with Gasteiger partial charge in [0.15, 0.2) is 0 Å². The molecule has 768 valence electrons. The van der Waals surface area contributed by atoms with Crippen molar-refractivity contribution in [2.45, 2.75) is 63.5 Å². The van der Waals surface area contributed by atoms with E-state index in [1.165, 1.54) is 79.5 Å². The van der Waals surface area contributed by atoms with Gasteiger partial charge in [-0.25, -0.2) is 4.98 Å². The molecule has 0 saturated carbocycles. The number of aromatic hydroxyl groups is 1. The summed E-state index contributed by atoms with van der Waals surface area (Å²) >= 11 is 0. The number of pyridine rings is 6. The Morgan fingerprint density at radius 3 is 1.05 bits per heavy atom. The van der Waals surface area contributed by atoms with Crippen molar-refractivity contribution in [1.29, 1.82) is 0 Å². The first-order chi connectivity index (χ1) is 71.9. The second-order valence-corrected chi connectivity index (χ2v) is 34.5. The number of carbonyl (C=O) groups excluding carboxylic acids is 8. The van der Waals surface area contributed by atoms with Crippen molar-refractivity contribution >= 4 is 113 Å². The Bertz CT molecular complexity index is 6940. The molecule has 13 heterocycles. The van der Waals surface area contributed by atoms with Crippen LogP contribution in [0.4, 0.5) is 0 Å². The standard InChI is InChI=1S/C41H43N5O9.C28H35N3O5.C28H31N3O5.C13H10N2O5/c1-45-35-12-13-42-26-34(35)31-8-5-27(23-37(31)45)28-4-6-29(43-25-28)3-2-14-51-15-16-52-17-18-53-19-20-54-21-22-55-30-7-9-32-33(24-30)41(50)46(40(32)49)36-10-11-38(47)44-39(36)48;2*1-31-27-8-9-29-21-26(27)25-7-5-22(19-28(25)31)23-4-6-24(30-20-23)3-2-11-33-13-15-35-17-18-36-16-14-34-12-10-32;16-6-1-2-7-8(5-6)13(20)15(12(7)19)9-3-4-10(17)14-11(9)18/h4-9,12-13,23-26,36H,2-3,10-11,14-22H2,1H3,(H,44,47,48);4-9,19-21,32H,2-3,10-18H2,1H3;4-9,19-21,32H,10-18H2,1H3;1-2,5,9,16H,3-4H2,(H,14,17,18). The van der Waals surface area contributed by atoms with Crippen LogP contribution in [0.1, 0.15) is 97.0 Å². The summed E-state index contributed by atoms with van der Waals surface area (Å²) in [6, 6.07) is 44.5. The number of benzene rings is 5. The molecule has 2 saturated heterocycles. The molecule has 4 aliphatic heterocycles. The number of fused-ring (bicyclic) bond motifs is 11. The molecule has 5 N–H and O–H groups in total. The van der Waals surface area contributed by atoms with Gasteiger partial charge in [0.1, 0.15) is 42.5 Å². The number of hydrogen-bond acceptors (Lipinski definition) is 30. The van der Waals surface area contributed by atoms with E-state index >= 15 is 0 Å². The van der Waals surface area contributed by atoms with Crippen molar-refractivity contribution in [3.05, 3.63) is 241 Å². The van der Waals surface area contributed by atoms with Crippen molar-refractivity contribution in [3.63, 3.8) is 0 Å². The Labute approximate surface area is 848 Å². The number of nitrogens with zero attached hydrogens (tertiary/aromatic N) is 11. The molecule has 37 nitrogen and oxygen atoms in total. The lowest BCUT2D eigenvalue weighted by Gasteiger charge is -2.27. The molecule has 8 amide bonds. The number of hydrogen-bond donors (Lipinski definition) is 5. The number of phenolic OH excluding ortho intramolecular Hbond substituents is 1. The summed E-state index contributed by atoms with van der Waals surface area (Å²) in [4.78, 5) is 125. The van der Waals surface area contributed by atoms with Crippen molar-refractivity contribution in [2.75, 3.05) is 178 Å². The fourth-order valence-electron chi connectivity index (χ4n) is 17.3. The highest BCUT2D eigenvalue weighted by Gasteiger charge is 2.46. The lowest BCUT2D eigenvalue weighted by atomic mass is 10.0. The van der Waals surface area contributed by atoms with Crippen LogP contribution < -0.4 is 15.4 Å². The van der Waals surface area contributed by atoms with E-state index in [9.17, 15) is 43.5 Å². The van der Waals surface area contributed by atoms with Crippen molar-refractivity contribution in [2.24, 2.45) is 21.1 Å². The van der Waals surface area contributed by atoms with Crippen LogP contribution >= 0.6 is 0 Å². The predicted molar refractivity (Wildman–Crippen MR) is 545 cm³/mol. The monoisotopic (exact) mass is 2010 g/mol. The van der Waals surface area contributed by atoms with Crippen molar-refractivity contribution < 1.29 is 115 Å². The Morgan fingerprint density at radius 1 is 0.333 bits per heavy atom. The molecule has 0 aliphatic carbocycles. The molecule has 5 aromatic carbocycles. The van der Waals surface area contributed by atoms with E-state index in [1.807, 2.05) is 80.0 Å². The highest BCUT2D eigenvalue weighted by molar-refractivity contribution is 6.25. The van der Waals surface area contributed by atoms with E-state index in [0.29, 0.717) is 170 Å². The Balaban J connectivity index is 0.000000155. The molecular weight excluding hydrogens is 1890 g/mol. The summed E-state index contributed by atoms with van der Waals surface area (Å²) in [5.74, 6) is 1.81. The maximum absolute atomic E-state index is 13.0. The summed E-state index contributed by atoms with van der Waals surface area (Å²) in [5.41, 5.74) is 17.1. The number of ether oxygens (including phenoxy) is 13. The van der Waals surface area contributed by atoms with Gasteiger partial charge >= 0.3 is 0 Å².